The molecule has 4 N–H and O–H groups in total. The summed E-state index contributed by atoms with van der Waals surface area (Å²) in [6.07, 6.45) is 1.68. The van der Waals surface area contributed by atoms with E-state index in [4.69, 9.17) is 0 Å². The van der Waals surface area contributed by atoms with Crippen LogP contribution in [0.3, 0.4) is 0 Å². The molecule has 0 aliphatic carbocycles. The van der Waals surface area contributed by atoms with E-state index < -0.39 is 5.82 Å². The summed E-state index contributed by atoms with van der Waals surface area (Å²) in [4.78, 5) is 30.9. The maximum Gasteiger partial charge on any atom is 0.256 e. The predicted molar refractivity (Wildman–Crippen MR) is 124 cm³/mol. The molecule has 2 aromatic rings. The fourth-order valence-corrected chi connectivity index (χ4v) is 4.75. The van der Waals surface area contributed by atoms with E-state index >= 15 is 0 Å². The van der Waals surface area contributed by atoms with Crippen LogP contribution in [0.2, 0.25) is 0 Å². The minimum atomic E-state index is -0.404. The lowest BCUT2D eigenvalue weighted by Crippen LogP contribution is -2.55. The van der Waals surface area contributed by atoms with E-state index in [0.29, 0.717) is 46.7 Å². The van der Waals surface area contributed by atoms with Crippen LogP contribution in [0.15, 0.2) is 18.2 Å². The molecule has 2 aliphatic heterocycles. The van der Waals surface area contributed by atoms with Crippen molar-refractivity contribution in [3.05, 3.63) is 52.1 Å². The summed E-state index contributed by atoms with van der Waals surface area (Å²) in [7, 11) is 0. The van der Waals surface area contributed by atoms with Gasteiger partial charge in [-0.2, -0.15) is 0 Å². The number of H-pyrrole nitrogens is 1. The Labute approximate surface area is 187 Å². The molecule has 8 heteroatoms. The van der Waals surface area contributed by atoms with Gasteiger partial charge in [-0.05, 0) is 57.5 Å². The molecule has 2 amide bonds. The van der Waals surface area contributed by atoms with Crippen molar-refractivity contribution in [3.63, 3.8) is 0 Å². The van der Waals surface area contributed by atoms with Crippen molar-refractivity contribution in [3.8, 4) is 0 Å². The highest BCUT2D eigenvalue weighted by Crippen LogP contribution is 2.34. The quantitative estimate of drug-likeness (QED) is 0.540. The average molecular weight is 440 g/mol. The van der Waals surface area contributed by atoms with Crippen LogP contribution in [0.4, 0.5) is 10.1 Å². The van der Waals surface area contributed by atoms with Crippen molar-refractivity contribution in [2.45, 2.75) is 39.8 Å². The number of carbonyl (C=O) groups is 2. The third-order valence-electron chi connectivity index (χ3n) is 6.10. The summed E-state index contributed by atoms with van der Waals surface area (Å²) in [6, 6.07) is 5.08. The van der Waals surface area contributed by atoms with Gasteiger partial charge in [-0.3, -0.25) is 14.5 Å². The first-order chi connectivity index (χ1) is 15.2. The third-order valence-corrected chi connectivity index (χ3v) is 6.10. The van der Waals surface area contributed by atoms with E-state index in [-0.39, 0.29) is 11.8 Å². The van der Waals surface area contributed by atoms with E-state index in [1.165, 1.54) is 12.1 Å². The molecular weight excluding hydrogens is 409 g/mol. The largest absolute Gasteiger partial charge is 0.358 e. The zero-order valence-corrected chi connectivity index (χ0v) is 18.9. The highest BCUT2D eigenvalue weighted by Gasteiger charge is 2.26. The van der Waals surface area contributed by atoms with Gasteiger partial charge in [-0.1, -0.05) is 0 Å². The molecule has 4 rings (SSSR count). The van der Waals surface area contributed by atoms with Gasteiger partial charge in [-0.15, -0.1) is 0 Å². The van der Waals surface area contributed by atoms with E-state index in [1.54, 1.807) is 12.1 Å². The average Bonchev–Trinajstić information content (AvgIpc) is 3.16. The summed E-state index contributed by atoms with van der Waals surface area (Å²) < 4.78 is 13.7. The maximum absolute atomic E-state index is 13.7. The van der Waals surface area contributed by atoms with Gasteiger partial charge in [-0.25, -0.2) is 4.39 Å². The van der Waals surface area contributed by atoms with Crippen LogP contribution < -0.4 is 16.0 Å². The van der Waals surface area contributed by atoms with Crippen LogP contribution in [-0.2, 0) is 4.79 Å². The van der Waals surface area contributed by atoms with Crippen molar-refractivity contribution in [1.82, 2.24) is 20.5 Å². The first-order valence-electron chi connectivity index (χ1n) is 11.0. The number of nitrogens with zero attached hydrogens (tertiary/aromatic N) is 1. The van der Waals surface area contributed by atoms with Crippen molar-refractivity contribution in [1.29, 1.82) is 0 Å². The van der Waals surface area contributed by atoms with Gasteiger partial charge in [0, 0.05) is 60.9 Å². The number of aryl methyl sites for hydroxylation is 1. The fraction of sp³-hybridized carbons (Fsp3) is 0.417. The number of piperazine rings is 1. The van der Waals surface area contributed by atoms with Crippen LogP contribution in [0.25, 0.3) is 11.6 Å². The number of benzene rings is 1. The number of hydrogen-bond acceptors (Lipinski definition) is 4. The Hall–Kier alpha value is -2.97. The molecule has 3 heterocycles. The maximum atomic E-state index is 13.7. The van der Waals surface area contributed by atoms with E-state index in [1.807, 2.05) is 13.8 Å². The van der Waals surface area contributed by atoms with Gasteiger partial charge < -0.3 is 20.9 Å². The zero-order valence-electron chi connectivity index (χ0n) is 18.9. The number of amides is 2. The topological polar surface area (TPSA) is 89.3 Å². The van der Waals surface area contributed by atoms with Crippen molar-refractivity contribution < 1.29 is 14.0 Å². The lowest BCUT2D eigenvalue weighted by molar-refractivity contribution is -0.110. The molecule has 2 atom stereocenters. The van der Waals surface area contributed by atoms with Gasteiger partial charge >= 0.3 is 0 Å². The van der Waals surface area contributed by atoms with Gasteiger partial charge in [0.1, 0.15) is 5.82 Å². The van der Waals surface area contributed by atoms with E-state index in [9.17, 15) is 14.0 Å². The molecular formula is C24H30FN5O2. The molecule has 0 saturated carbocycles. The summed E-state index contributed by atoms with van der Waals surface area (Å²) in [5, 5.41) is 9.28. The highest BCUT2D eigenvalue weighted by molar-refractivity contribution is 6.34. The first-order valence-corrected chi connectivity index (χ1v) is 11.0. The molecule has 0 bridgehead atoms. The Morgan fingerprint density at radius 1 is 1.25 bits per heavy atom. The Bertz CT molecular complexity index is 1080. The number of carbonyl (C=O) groups excluding carboxylic acids is 2. The molecule has 2 aliphatic rings. The number of halogens is 1. The predicted octanol–water partition coefficient (Wildman–Crippen LogP) is 2.68. The Morgan fingerprint density at radius 2 is 1.97 bits per heavy atom. The molecule has 0 spiro atoms. The van der Waals surface area contributed by atoms with Gasteiger partial charge in [0.25, 0.3) is 11.8 Å². The normalized spacial score (nSPS) is 22.2. The van der Waals surface area contributed by atoms with Crippen molar-refractivity contribution in [2.75, 3.05) is 31.5 Å². The molecule has 32 heavy (non-hydrogen) atoms. The molecule has 1 aromatic heterocycles. The number of fused-ring (bicyclic) bond motifs is 1. The van der Waals surface area contributed by atoms with Crippen molar-refractivity contribution in [2.24, 2.45) is 0 Å². The van der Waals surface area contributed by atoms with Crippen LogP contribution in [-0.4, -0.2) is 60.0 Å². The second-order valence-electron chi connectivity index (χ2n) is 8.85. The second kappa shape index (κ2) is 8.88. The number of rotatable bonds is 5. The molecule has 7 nitrogen and oxygen atoms in total. The molecule has 1 fully saturated rings. The first kappa shape index (κ1) is 22.2. The van der Waals surface area contributed by atoms with E-state index in [0.717, 1.165) is 30.9 Å². The smallest absolute Gasteiger partial charge is 0.256 e. The van der Waals surface area contributed by atoms with Crippen molar-refractivity contribution >= 4 is 29.2 Å². The molecule has 1 aromatic carbocycles. The number of hydrogen-bond donors (Lipinski definition) is 4. The van der Waals surface area contributed by atoms with Crippen LogP contribution in [0, 0.1) is 19.7 Å². The number of anilines is 1. The summed E-state index contributed by atoms with van der Waals surface area (Å²) in [5.41, 5.74) is 4.21. The number of nitrogens with one attached hydrogen (secondary N) is 4. The van der Waals surface area contributed by atoms with Gasteiger partial charge in [0.05, 0.1) is 11.1 Å². The number of aromatic nitrogens is 1. The zero-order chi connectivity index (χ0) is 23.0. The summed E-state index contributed by atoms with van der Waals surface area (Å²) >= 11 is 0. The van der Waals surface area contributed by atoms with Crippen LogP contribution >= 0.6 is 0 Å². The van der Waals surface area contributed by atoms with Gasteiger partial charge in [0.15, 0.2) is 0 Å². The highest BCUT2D eigenvalue weighted by atomic mass is 19.1. The molecule has 2 unspecified atom stereocenters. The Kier molecular flexibility index (Phi) is 6.17. The Balaban J connectivity index is 1.48. The monoisotopic (exact) mass is 439 g/mol. The standard InChI is InChI=1S/C24H30FN5O2/c1-13-11-30(12-14(2)27-13)8-7-26-24(32)22-15(3)21(28-16(22)4)10-19-18-9-17(25)5-6-20(18)29-23(19)31/h5-6,9-10,13-14,27-28H,7-8,11-12H2,1-4H3,(H,26,32)(H,29,31)/b19-10-. The Morgan fingerprint density at radius 3 is 2.69 bits per heavy atom. The SMILES string of the molecule is Cc1[nH]c(/C=C2\C(=O)Nc3ccc(F)cc32)c(C)c1C(=O)NCCN1CC(C)NC(C)C1. The van der Waals surface area contributed by atoms with Crippen LogP contribution in [0.5, 0.6) is 0 Å². The lowest BCUT2D eigenvalue weighted by atomic mass is 10.0. The van der Waals surface area contributed by atoms with E-state index in [2.05, 4.69) is 39.7 Å². The van der Waals surface area contributed by atoms with Crippen LogP contribution in [0.1, 0.15) is 46.7 Å². The molecule has 170 valence electrons. The van der Waals surface area contributed by atoms with Gasteiger partial charge in [0.2, 0.25) is 0 Å². The summed E-state index contributed by atoms with van der Waals surface area (Å²) in [6.45, 7) is 11.3. The minimum Gasteiger partial charge on any atom is -0.358 e. The third kappa shape index (κ3) is 4.47. The minimum absolute atomic E-state index is 0.139. The molecule has 0 radical (unpaired) electrons. The number of aromatic amines is 1. The summed E-state index contributed by atoms with van der Waals surface area (Å²) in [5.74, 6) is -0.832. The fourth-order valence-electron chi connectivity index (χ4n) is 4.75. The molecule has 1 saturated heterocycles. The second-order valence-corrected chi connectivity index (χ2v) is 8.85. The lowest BCUT2D eigenvalue weighted by Gasteiger charge is -2.36.